The summed E-state index contributed by atoms with van der Waals surface area (Å²) in [5.74, 6) is -0.871. The molecule has 2 rings (SSSR count). The lowest BCUT2D eigenvalue weighted by atomic mass is 10.1. The highest BCUT2D eigenvalue weighted by molar-refractivity contribution is 7.38. The number of carboxylic acid groups (broad SMARTS) is 1. The molecule has 0 atom stereocenters. The van der Waals surface area contributed by atoms with Crippen molar-refractivity contribution in [1.29, 1.82) is 0 Å². The zero-order valence-corrected chi connectivity index (χ0v) is 11.1. The number of carboxylic acids is 1. The van der Waals surface area contributed by atoms with Crippen molar-refractivity contribution in [2.45, 2.75) is 26.7 Å². The van der Waals surface area contributed by atoms with Crippen LogP contribution in [0, 0.1) is 6.92 Å². The number of nitrogens with zero attached hydrogens (tertiary/aromatic N) is 1. The standard InChI is InChI=1S/C11H11NO3S2/c1-5(13)3-4-7-8-11(16-6(2)12-8)17-9(7)10(14)15/h3-4H2,1-2H3,(H,14,15). The van der Waals surface area contributed by atoms with Crippen LogP contribution in [0.15, 0.2) is 0 Å². The number of thiazole rings is 1. The minimum Gasteiger partial charge on any atom is -0.477 e. The number of aryl methyl sites for hydroxylation is 2. The summed E-state index contributed by atoms with van der Waals surface area (Å²) in [4.78, 5) is 26.8. The molecule has 2 aromatic heterocycles. The predicted molar refractivity (Wildman–Crippen MR) is 68.2 cm³/mol. The molecule has 4 nitrogen and oxygen atoms in total. The van der Waals surface area contributed by atoms with Gasteiger partial charge >= 0.3 is 5.97 Å². The van der Waals surface area contributed by atoms with Gasteiger partial charge in [0.05, 0.1) is 10.5 Å². The molecule has 0 aliphatic rings. The number of aromatic nitrogens is 1. The molecule has 17 heavy (non-hydrogen) atoms. The Bertz CT molecular complexity index is 597. The highest BCUT2D eigenvalue weighted by Crippen LogP contribution is 2.35. The minimum absolute atomic E-state index is 0.0626. The molecule has 90 valence electrons. The van der Waals surface area contributed by atoms with Crippen molar-refractivity contribution in [3.8, 4) is 0 Å². The SMILES string of the molecule is CC(=O)CCc1c(C(=O)O)sc2sc(C)nc12. The van der Waals surface area contributed by atoms with Crippen molar-refractivity contribution in [3.05, 3.63) is 15.4 Å². The van der Waals surface area contributed by atoms with Crippen LogP contribution >= 0.6 is 22.7 Å². The summed E-state index contributed by atoms with van der Waals surface area (Å²) in [6, 6.07) is 0. The van der Waals surface area contributed by atoms with Crippen LogP contribution in [0.2, 0.25) is 0 Å². The van der Waals surface area contributed by atoms with E-state index in [2.05, 4.69) is 4.98 Å². The maximum Gasteiger partial charge on any atom is 0.346 e. The van der Waals surface area contributed by atoms with Crippen LogP contribution in [0.3, 0.4) is 0 Å². The second-order valence-corrected chi connectivity index (χ2v) is 6.27. The molecule has 0 unspecified atom stereocenters. The summed E-state index contributed by atoms with van der Waals surface area (Å²) in [6.45, 7) is 3.41. The number of carbonyl (C=O) groups is 2. The number of rotatable bonds is 4. The van der Waals surface area contributed by atoms with Gasteiger partial charge in [0.1, 0.15) is 14.7 Å². The lowest BCUT2D eigenvalue weighted by Gasteiger charge is -1.98. The molecular weight excluding hydrogens is 258 g/mol. The Morgan fingerprint density at radius 2 is 2.06 bits per heavy atom. The first-order chi connectivity index (χ1) is 7.99. The van der Waals surface area contributed by atoms with E-state index < -0.39 is 5.97 Å². The zero-order chi connectivity index (χ0) is 12.6. The number of hydrogen-bond donors (Lipinski definition) is 1. The molecule has 0 aromatic carbocycles. The molecule has 0 saturated heterocycles. The van der Waals surface area contributed by atoms with Gasteiger partial charge in [-0.15, -0.1) is 22.7 Å². The topological polar surface area (TPSA) is 67.3 Å². The summed E-state index contributed by atoms with van der Waals surface area (Å²) in [5.41, 5.74) is 1.47. The summed E-state index contributed by atoms with van der Waals surface area (Å²) in [6.07, 6.45) is 0.822. The van der Waals surface area contributed by atoms with Crippen LogP contribution in [-0.4, -0.2) is 21.8 Å². The van der Waals surface area contributed by atoms with Crippen molar-refractivity contribution < 1.29 is 14.7 Å². The first-order valence-corrected chi connectivity index (χ1v) is 6.74. The van der Waals surface area contributed by atoms with E-state index in [4.69, 9.17) is 5.11 Å². The second-order valence-electron chi connectivity index (χ2n) is 3.79. The van der Waals surface area contributed by atoms with Crippen molar-refractivity contribution in [3.63, 3.8) is 0 Å². The first kappa shape index (κ1) is 12.2. The van der Waals surface area contributed by atoms with Crippen LogP contribution in [0.5, 0.6) is 0 Å². The van der Waals surface area contributed by atoms with E-state index in [-0.39, 0.29) is 5.78 Å². The largest absolute Gasteiger partial charge is 0.477 e. The van der Waals surface area contributed by atoms with Crippen LogP contribution in [-0.2, 0) is 11.2 Å². The fourth-order valence-electron chi connectivity index (χ4n) is 1.64. The number of hydrogen-bond acceptors (Lipinski definition) is 5. The van der Waals surface area contributed by atoms with Gasteiger partial charge < -0.3 is 9.90 Å². The third-order valence-corrected chi connectivity index (χ3v) is 4.65. The average molecular weight is 269 g/mol. The lowest BCUT2D eigenvalue weighted by Crippen LogP contribution is -2.01. The molecule has 0 saturated carbocycles. The fraction of sp³-hybridized carbons (Fsp3) is 0.364. The zero-order valence-electron chi connectivity index (χ0n) is 9.44. The fourth-order valence-corrected chi connectivity index (χ4v) is 3.95. The summed E-state index contributed by atoms with van der Waals surface area (Å²) in [7, 11) is 0. The Morgan fingerprint density at radius 3 is 2.65 bits per heavy atom. The maximum absolute atomic E-state index is 11.1. The Hall–Kier alpha value is -1.27. The van der Waals surface area contributed by atoms with Gasteiger partial charge in [-0.3, -0.25) is 0 Å². The van der Waals surface area contributed by atoms with E-state index in [1.165, 1.54) is 29.6 Å². The van der Waals surface area contributed by atoms with E-state index >= 15 is 0 Å². The normalized spacial score (nSPS) is 10.9. The molecule has 0 bridgehead atoms. The van der Waals surface area contributed by atoms with Crippen LogP contribution < -0.4 is 0 Å². The Labute approximate surface area is 106 Å². The Kier molecular flexibility index (Phi) is 3.26. The van der Waals surface area contributed by atoms with Gasteiger partial charge in [-0.25, -0.2) is 9.78 Å². The lowest BCUT2D eigenvalue weighted by molar-refractivity contribution is -0.116. The number of Topliss-reactive ketones (excluding diaryl/α,β-unsaturated/α-hetero) is 1. The maximum atomic E-state index is 11.1. The molecule has 0 amide bonds. The molecule has 0 spiro atoms. The molecule has 0 aliphatic heterocycles. The number of fused-ring (bicyclic) bond motifs is 1. The van der Waals surface area contributed by atoms with Crippen molar-refractivity contribution in [2.75, 3.05) is 0 Å². The average Bonchev–Trinajstić information content (AvgIpc) is 2.70. The summed E-state index contributed by atoms with van der Waals surface area (Å²) >= 11 is 2.75. The molecule has 2 heterocycles. The molecule has 0 radical (unpaired) electrons. The highest BCUT2D eigenvalue weighted by Gasteiger charge is 2.20. The summed E-state index contributed by atoms with van der Waals surface area (Å²) in [5, 5.41) is 10.0. The molecule has 2 aromatic rings. The quantitative estimate of drug-likeness (QED) is 0.926. The number of aromatic carboxylic acids is 1. The van der Waals surface area contributed by atoms with Gasteiger partial charge in [-0.1, -0.05) is 0 Å². The van der Waals surface area contributed by atoms with E-state index in [0.29, 0.717) is 23.3 Å². The monoisotopic (exact) mass is 269 g/mol. The molecular formula is C11H11NO3S2. The van der Waals surface area contributed by atoms with Crippen LogP contribution in [0.4, 0.5) is 0 Å². The Balaban J connectivity index is 2.49. The molecule has 6 heteroatoms. The Morgan fingerprint density at radius 1 is 1.35 bits per heavy atom. The predicted octanol–water partition coefficient (Wildman–Crippen LogP) is 2.89. The molecule has 0 fully saturated rings. The number of carbonyl (C=O) groups excluding carboxylic acids is 1. The van der Waals surface area contributed by atoms with Gasteiger partial charge in [0.2, 0.25) is 0 Å². The van der Waals surface area contributed by atoms with Crippen molar-refractivity contribution in [2.24, 2.45) is 0 Å². The van der Waals surface area contributed by atoms with Gasteiger partial charge in [-0.2, -0.15) is 0 Å². The van der Waals surface area contributed by atoms with Crippen LogP contribution in [0.25, 0.3) is 9.53 Å². The van der Waals surface area contributed by atoms with E-state index in [1.807, 2.05) is 6.92 Å². The highest BCUT2D eigenvalue weighted by atomic mass is 32.2. The summed E-state index contributed by atoms with van der Waals surface area (Å²) < 4.78 is 0.929. The van der Waals surface area contributed by atoms with Gasteiger partial charge in [0.15, 0.2) is 0 Å². The number of thiophene rings is 1. The number of ketones is 1. The van der Waals surface area contributed by atoms with Gasteiger partial charge in [-0.05, 0) is 20.3 Å². The van der Waals surface area contributed by atoms with Crippen molar-refractivity contribution >= 4 is 44.0 Å². The second kappa shape index (κ2) is 4.54. The van der Waals surface area contributed by atoms with E-state index in [9.17, 15) is 9.59 Å². The van der Waals surface area contributed by atoms with Crippen LogP contribution in [0.1, 0.15) is 33.6 Å². The third kappa shape index (κ3) is 2.37. The first-order valence-electron chi connectivity index (χ1n) is 5.10. The third-order valence-electron chi connectivity index (χ3n) is 2.38. The van der Waals surface area contributed by atoms with E-state index in [0.717, 1.165) is 14.5 Å². The van der Waals surface area contributed by atoms with Gasteiger partial charge in [0, 0.05) is 12.0 Å². The minimum atomic E-state index is -0.934. The van der Waals surface area contributed by atoms with Crippen molar-refractivity contribution in [1.82, 2.24) is 4.98 Å². The molecule has 0 aliphatic carbocycles. The smallest absolute Gasteiger partial charge is 0.346 e. The van der Waals surface area contributed by atoms with Gasteiger partial charge in [0.25, 0.3) is 0 Å². The van der Waals surface area contributed by atoms with E-state index in [1.54, 1.807) is 0 Å². The molecule has 1 N–H and O–H groups in total.